The number of carbonyl (C=O) groups excluding carboxylic acids is 1. The second-order valence-corrected chi connectivity index (χ2v) is 7.09. The zero-order valence-electron chi connectivity index (χ0n) is 16.5. The van der Waals surface area contributed by atoms with Gasteiger partial charge in [0.05, 0.1) is 25.3 Å². The van der Waals surface area contributed by atoms with Gasteiger partial charge < -0.3 is 15.0 Å². The number of rotatable bonds is 7. The number of nitrogens with zero attached hydrogens (tertiary/aromatic N) is 2. The minimum atomic E-state index is 0. The van der Waals surface area contributed by atoms with E-state index in [0.29, 0.717) is 19.6 Å². The molecular weight excluding hydrogens is 374 g/mol. The number of carbonyl (C=O) groups is 1. The average Bonchev–Trinajstić information content (AvgIpc) is 2.96. The molecule has 2 heterocycles. The van der Waals surface area contributed by atoms with Crippen LogP contribution in [0, 0.1) is 6.92 Å². The van der Waals surface area contributed by atoms with E-state index in [0.717, 1.165) is 49.4 Å². The van der Waals surface area contributed by atoms with Gasteiger partial charge in [-0.25, -0.2) is 0 Å². The lowest BCUT2D eigenvalue weighted by Crippen LogP contribution is -2.41. The maximum absolute atomic E-state index is 13.0. The van der Waals surface area contributed by atoms with Crippen LogP contribution in [0.25, 0.3) is 0 Å². The minimum Gasteiger partial charge on any atom is -0.493 e. The molecule has 28 heavy (non-hydrogen) atoms. The number of ether oxygens (including phenoxy) is 1. The van der Waals surface area contributed by atoms with Crippen molar-refractivity contribution in [1.29, 1.82) is 0 Å². The van der Waals surface area contributed by atoms with Crippen molar-refractivity contribution in [2.75, 3.05) is 19.7 Å². The van der Waals surface area contributed by atoms with E-state index in [4.69, 9.17) is 4.74 Å². The van der Waals surface area contributed by atoms with Crippen LogP contribution < -0.4 is 10.1 Å². The third-order valence-corrected chi connectivity index (χ3v) is 4.94. The summed E-state index contributed by atoms with van der Waals surface area (Å²) in [6.45, 7) is 4.97. The van der Waals surface area contributed by atoms with E-state index in [1.54, 1.807) is 6.20 Å². The fraction of sp³-hybridized carbons (Fsp3) is 0.455. The summed E-state index contributed by atoms with van der Waals surface area (Å²) in [5.41, 5.74) is 2.09. The van der Waals surface area contributed by atoms with Crippen molar-refractivity contribution in [3.8, 4) is 5.75 Å². The van der Waals surface area contributed by atoms with Crippen LogP contribution in [0.2, 0.25) is 0 Å². The lowest BCUT2D eigenvalue weighted by molar-refractivity contribution is -0.135. The first-order valence-corrected chi connectivity index (χ1v) is 9.82. The van der Waals surface area contributed by atoms with Crippen LogP contribution in [0.1, 0.15) is 36.9 Å². The van der Waals surface area contributed by atoms with Crippen LogP contribution in [0.15, 0.2) is 48.7 Å². The summed E-state index contributed by atoms with van der Waals surface area (Å²) in [5.74, 6) is 0.956. The van der Waals surface area contributed by atoms with Crippen molar-refractivity contribution in [3.05, 3.63) is 59.9 Å². The van der Waals surface area contributed by atoms with Crippen molar-refractivity contribution >= 4 is 18.3 Å². The van der Waals surface area contributed by atoms with Gasteiger partial charge in [0.25, 0.3) is 0 Å². The highest BCUT2D eigenvalue weighted by molar-refractivity contribution is 5.85. The van der Waals surface area contributed by atoms with E-state index in [2.05, 4.69) is 10.3 Å². The molecule has 2 aromatic rings. The Hall–Kier alpha value is -2.11. The van der Waals surface area contributed by atoms with Gasteiger partial charge in [-0.05, 0) is 69.1 Å². The number of hydrogen-bond donors (Lipinski definition) is 1. The maximum atomic E-state index is 13.0. The van der Waals surface area contributed by atoms with Crippen LogP contribution in [0.3, 0.4) is 0 Å². The zero-order chi connectivity index (χ0) is 18.9. The van der Waals surface area contributed by atoms with Gasteiger partial charge in [-0.1, -0.05) is 18.2 Å². The summed E-state index contributed by atoms with van der Waals surface area (Å²) in [6, 6.07) is 14.0. The van der Waals surface area contributed by atoms with Gasteiger partial charge in [0.15, 0.2) is 0 Å². The van der Waals surface area contributed by atoms with Crippen LogP contribution in [-0.4, -0.2) is 41.5 Å². The predicted molar refractivity (Wildman–Crippen MR) is 114 cm³/mol. The van der Waals surface area contributed by atoms with Crippen molar-refractivity contribution in [3.63, 3.8) is 0 Å². The molecule has 0 spiro atoms. The minimum absolute atomic E-state index is 0. The number of pyridine rings is 1. The van der Waals surface area contributed by atoms with Gasteiger partial charge in [-0.3, -0.25) is 9.78 Å². The third-order valence-electron chi connectivity index (χ3n) is 4.94. The number of nitrogens with one attached hydrogen (secondary N) is 1. The Morgan fingerprint density at radius 3 is 2.89 bits per heavy atom. The zero-order valence-corrected chi connectivity index (χ0v) is 17.3. The van der Waals surface area contributed by atoms with Crippen molar-refractivity contribution in [2.24, 2.45) is 0 Å². The van der Waals surface area contributed by atoms with Gasteiger partial charge in [-0.15, -0.1) is 12.4 Å². The monoisotopic (exact) mass is 403 g/mol. The molecule has 1 fully saturated rings. The van der Waals surface area contributed by atoms with E-state index in [1.165, 1.54) is 0 Å². The quantitative estimate of drug-likeness (QED) is 0.764. The highest BCUT2D eigenvalue weighted by Crippen LogP contribution is 2.18. The van der Waals surface area contributed by atoms with E-state index in [9.17, 15) is 4.79 Å². The van der Waals surface area contributed by atoms with Gasteiger partial charge >= 0.3 is 0 Å². The first-order valence-electron chi connectivity index (χ1n) is 9.82. The SMILES string of the molecule is Cc1cccc(OCCC(=O)N(Cc2ccccn2)C2CCCNCC2)c1.Cl. The lowest BCUT2D eigenvalue weighted by atomic mass is 10.1. The fourth-order valence-electron chi connectivity index (χ4n) is 3.50. The second-order valence-electron chi connectivity index (χ2n) is 7.09. The van der Waals surface area contributed by atoms with E-state index in [1.807, 2.05) is 54.3 Å². The lowest BCUT2D eigenvalue weighted by Gasteiger charge is -2.31. The molecule has 3 rings (SSSR count). The molecule has 1 aliphatic heterocycles. The Morgan fingerprint density at radius 1 is 1.21 bits per heavy atom. The van der Waals surface area contributed by atoms with Crippen LogP contribution in [-0.2, 0) is 11.3 Å². The molecule has 0 radical (unpaired) electrons. The van der Waals surface area contributed by atoms with Gasteiger partial charge in [-0.2, -0.15) is 0 Å². The van der Waals surface area contributed by atoms with E-state index < -0.39 is 0 Å². The second kappa shape index (κ2) is 11.7. The largest absolute Gasteiger partial charge is 0.493 e. The number of halogens is 1. The summed E-state index contributed by atoms with van der Waals surface area (Å²) in [6.07, 6.45) is 5.27. The van der Waals surface area contributed by atoms with Crippen LogP contribution in [0.4, 0.5) is 0 Å². The summed E-state index contributed by atoms with van der Waals surface area (Å²) in [4.78, 5) is 19.4. The highest BCUT2D eigenvalue weighted by Gasteiger charge is 2.25. The number of aryl methyl sites for hydroxylation is 1. The number of benzene rings is 1. The van der Waals surface area contributed by atoms with Gasteiger partial charge in [0.1, 0.15) is 5.75 Å². The fourth-order valence-corrected chi connectivity index (χ4v) is 3.50. The highest BCUT2D eigenvalue weighted by atomic mass is 35.5. The van der Waals surface area contributed by atoms with Gasteiger partial charge in [0, 0.05) is 12.2 Å². The van der Waals surface area contributed by atoms with Crippen molar-refractivity contribution in [1.82, 2.24) is 15.2 Å². The summed E-state index contributed by atoms with van der Waals surface area (Å²) in [5, 5.41) is 3.43. The smallest absolute Gasteiger partial charge is 0.226 e. The Morgan fingerprint density at radius 2 is 2.11 bits per heavy atom. The molecule has 1 aliphatic rings. The Labute approximate surface area is 173 Å². The molecule has 152 valence electrons. The Kier molecular flexibility index (Phi) is 9.24. The summed E-state index contributed by atoms with van der Waals surface area (Å²) < 4.78 is 5.79. The molecule has 5 nitrogen and oxygen atoms in total. The molecule has 0 bridgehead atoms. The third kappa shape index (κ3) is 6.80. The first kappa shape index (κ1) is 22.2. The van der Waals surface area contributed by atoms with E-state index in [-0.39, 0.29) is 24.4 Å². The average molecular weight is 404 g/mol. The molecule has 6 heteroatoms. The van der Waals surface area contributed by atoms with E-state index >= 15 is 0 Å². The number of hydrogen-bond acceptors (Lipinski definition) is 4. The van der Waals surface area contributed by atoms with Crippen LogP contribution in [0.5, 0.6) is 5.75 Å². The van der Waals surface area contributed by atoms with Crippen molar-refractivity contribution in [2.45, 2.75) is 45.2 Å². The topological polar surface area (TPSA) is 54.5 Å². The molecule has 1 aromatic heterocycles. The maximum Gasteiger partial charge on any atom is 0.226 e. The predicted octanol–water partition coefficient (Wildman–Crippen LogP) is 3.75. The number of amides is 1. The normalized spacial score (nSPS) is 16.5. The standard InChI is InChI=1S/C22H29N3O2.ClH/c1-18-6-4-9-21(16-18)27-15-11-22(26)25(17-19-7-2-3-13-24-19)20-8-5-12-23-14-10-20;/h2-4,6-7,9,13,16,20,23H,5,8,10-12,14-15,17H2,1H3;1H. The molecule has 1 amide bonds. The van der Waals surface area contributed by atoms with Crippen LogP contribution >= 0.6 is 12.4 Å². The first-order chi connectivity index (χ1) is 13.2. The number of aromatic nitrogens is 1. The van der Waals surface area contributed by atoms with Crippen molar-refractivity contribution < 1.29 is 9.53 Å². The molecule has 1 N–H and O–H groups in total. The Bertz CT molecular complexity index is 719. The van der Waals surface area contributed by atoms with Gasteiger partial charge in [0.2, 0.25) is 5.91 Å². The molecule has 1 saturated heterocycles. The molecule has 1 unspecified atom stereocenters. The molecule has 1 aromatic carbocycles. The molecule has 1 atom stereocenters. The Balaban J connectivity index is 0.00000280. The molecule has 0 aliphatic carbocycles. The summed E-state index contributed by atoms with van der Waals surface area (Å²) >= 11 is 0. The summed E-state index contributed by atoms with van der Waals surface area (Å²) in [7, 11) is 0. The molecule has 0 saturated carbocycles. The molecular formula is C22H30ClN3O2.